The molecule has 0 atom stereocenters. The van der Waals surface area contributed by atoms with Crippen LogP contribution in [0.15, 0.2) is 36.5 Å². The lowest BCUT2D eigenvalue weighted by molar-refractivity contribution is 0.225. The summed E-state index contributed by atoms with van der Waals surface area (Å²) in [5.74, 6) is 0. The van der Waals surface area contributed by atoms with Gasteiger partial charge in [0.25, 0.3) is 0 Å². The van der Waals surface area contributed by atoms with Crippen molar-refractivity contribution in [3.63, 3.8) is 0 Å². The average Bonchev–Trinajstić information content (AvgIpc) is 2.56. The number of pyridine rings is 1. The minimum atomic E-state index is 0.911. The molecule has 21 heavy (non-hydrogen) atoms. The SMILES string of the molecule is c1cnc2c(CNCCCN3CCCCC3)cccc2c1. The normalized spacial score (nSPS) is 16.4. The highest BCUT2D eigenvalue weighted by Gasteiger charge is 2.08. The quantitative estimate of drug-likeness (QED) is 0.825. The van der Waals surface area contributed by atoms with Gasteiger partial charge in [0.1, 0.15) is 0 Å². The molecule has 3 rings (SSSR count). The Bertz CT molecular complexity index is 556. The van der Waals surface area contributed by atoms with Crippen molar-refractivity contribution in [2.45, 2.75) is 32.2 Å². The highest BCUT2D eigenvalue weighted by Crippen LogP contribution is 2.15. The second kappa shape index (κ2) is 7.53. The van der Waals surface area contributed by atoms with Crippen LogP contribution >= 0.6 is 0 Å². The van der Waals surface area contributed by atoms with Gasteiger partial charge in [-0.3, -0.25) is 4.98 Å². The van der Waals surface area contributed by atoms with E-state index in [1.807, 2.05) is 12.3 Å². The van der Waals surface area contributed by atoms with E-state index in [0.29, 0.717) is 0 Å². The molecule has 1 N–H and O–H groups in total. The van der Waals surface area contributed by atoms with E-state index in [4.69, 9.17) is 0 Å². The summed E-state index contributed by atoms with van der Waals surface area (Å²) >= 11 is 0. The number of nitrogens with one attached hydrogen (secondary N) is 1. The lowest BCUT2D eigenvalue weighted by Crippen LogP contribution is -2.32. The van der Waals surface area contributed by atoms with Crippen molar-refractivity contribution in [3.8, 4) is 0 Å². The van der Waals surface area contributed by atoms with Gasteiger partial charge >= 0.3 is 0 Å². The molecule has 1 saturated heterocycles. The van der Waals surface area contributed by atoms with Crippen LogP contribution in [0.4, 0.5) is 0 Å². The lowest BCUT2D eigenvalue weighted by Gasteiger charge is -2.26. The van der Waals surface area contributed by atoms with E-state index in [-0.39, 0.29) is 0 Å². The highest BCUT2D eigenvalue weighted by atomic mass is 15.1. The fourth-order valence-corrected chi connectivity index (χ4v) is 3.14. The minimum absolute atomic E-state index is 0.911. The summed E-state index contributed by atoms with van der Waals surface area (Å²) in [6.07, 6.45) is 7.30. The van der Waals surface area contributed by atoms with Gasteiger partial charge < -0.3 is 10.2 Å². The standard InChI is InChI=1S/C18H25N3/c1-2-12-21(13-3-1)14-6-10-19-15-17-8-4-7-16-9-5-11-20-18(16)17/h4-5,7-9,11,19H,1-3,6,10,12-15H2. The van der Waals surface area contributed by atoms with Crippen LogP contribution in [-0.4, -0.2) is 36.1 Å². The van der Waals surface area contributed by atoms with Gasteiger partial charge in [-0.2, -0.15) is 0 Å². The third kappa shape index (κ3) is 4.02. The van der Waals surface area contributed by atoms with Gasteiger partial charge in [-0.1, -0.05) is 30.7 Å². The molecule has 1 aliphatic heterocycles. The first-order valence-corrected chi connectivity index (χ1v) is 8.19. The average molecular weight is 283 g/mol. The molecule has 0 unspecified atom stereocenters. The monoisotopic (exact) mass is 283 g/mol. The van der Waals surface area contributed by atoms with Crippen molar-refractivity contribution in [1.82, 2.24) is 15.2 Å². The summed E-state index contributed by atoms with van der Waals surface area (Å²) in [4.78, 5) is 7.11. The largest absolute Gasteiger partial charge is 0.313 e. The fourth-order valence-electron chi connectivity index (χ4n) is 3.14. The number of piperidine rings is 1. The van der Waals surface area contributed by atoms with Crippen molar-refractivity contribution in [2.75, 3.05) is 26.2 Å². The molecule has 0 bridgehead atoms. The van der Waals surface area contributed by atoms with Gasteiger partial charge in [-0.15, -0.1) is 0 Å². The number of fused-ring (bicyclic) bond motifs is 1. The maximum Gasteiger partial charge on any atom is 0.0746 e. The van der Waals surface area contributed by atoms with E-state index in [2.05, 4.69) is 39.5 Å². The Balaban J connectivity index is 1.44. The van der Waals surface area contributed by atoms with Crippen LogP contribution in [0, 0.1) is 0 Å². The van der Waals surface area contributed by atoms with Crippen molar-refractivity contribution < 1.29 is 0 Å². The number of benzene rings is 1. The predicted octanol–water partition coefficient (Wildman–Crippen LogP) is 3.20. The Kier molecular flexibility index (Phi) is 5.19. The second-order valence-corrected chi connectivity index (χ2v) is 5.92. The van der Waals surface area contributed by atoms with Crippen LogP contribution in [0.5, 0.6) is 0 Å². The number of aromatic nitrogens is 1. The molecule has 0 spiro atoms. The molecule has 3 heteroatoms. The molecule has 2 aromatic rings. The maximum atomic E-state index is 4.51. The third-order valence-electron chi connectivity index (χ3n) is 4.31. The van der Waals surface area contributed by atoms with Crippen LogP contribution in [0.2, 0.25) is 0 Å². The van der Waals surface area contributed by atoms with Gasteiger partial charge in [0, 0.05) is 18.1 Å². The van der Waals surface area contributed by atoms with Gasteiger partial charge in [-0.05, 0) is 57.1 Å². The van der Waals surface area contributed by atoms with Crippen molar-refractivity contribution >= 4 is 10.9 Å². The van der Waals surface area contributed by atoms with Crippen LogP contribution < -0.4 is 5.32 Å². The Morgan fingerprint density at radius 3 is 2.81 bits per heavy atom. The van der Waals surface area contributed by atoms with Crippen LogP contribution in [0.3, 0.4) is 0 Å². The molecule has 0 radical (unpaired) electrons. The Morgan fingerprint density at radius 1 is 1.05 bits per heavy atom. The molecule has 0 saturated carbocycles. The van der Waals surface area contributed by atoms with Crippen molar-refractivity contribution in [2.24, 2.45) is 0 Å². The predicted molar refractivity (Wildman–Crippen MR) is 88.4 cm³/mol. The molecular formula is C18H25N3. The lowest BCUT2D eigenvalue weighted by atomic mass is 10.1. The van der Waals surface area contributed by atoms with E-state index in [0.717, 1.165) is 18.6 Å². The molecule has 0 aliphatic carbocycles. The minimum Gasteiger partial charge on any atom is -0.313 e. The third-order valence-corrected chi connectivity index (χ3v) is 4.31. The Hall–Kier alpha value is -1.45. The van der Waals surface area contributed by atoms with Crippen LogP contribution in [0.25, 0.3) is 10.9 Å². The zero-order valence-corrected chi connectivity index (χ0v) is 12.7. The smallest absolute Gasteiger partial charge is 0.0746 e. The van der Waals surface area contributed by atoms with E-state index in [1.165, 1.54) is 56.3 Å². The first kappa shape index (κ1) is 14.5. The zero-order chi connectivity index (χ0) is 14.3. The van der Waals surface area contributed by atoms with E-state index in [1.54, 1.807) is 0 Å². The summed E-state index contributed by atoms with van der Waals surface area (Å²) < 4.78 is 0. The highest BCUT2D eigenvalue weighted by molar-refractivity contribution is 5.81. The topological polar surface area (TPSA) is 28.2 Å². The van der Waals surface area contributed by atoms with E-state index < -0.39 is 0 Å². The molecule has 0 amide bonds. The fraction of sp³-hybridized carbons (Fsp3) is 0.500. The summed E-state index contributed by atoms with van der Waals surface area (Å²) in [5.41, 5.74) is 2.43. The van der Waals surface area contributed by atoms with E-state index >= 15 is 0 Å². The Morgan fingerprint density at radius 2 is 1.90 bits per heavy atom. The van der Waals surface area contributed by atoms with Gasteiger partial charge in [0.05, 0.1) is 5.52 Å². The number of hydrogen-bond donors (Lipinski definition) is 1. The molecule has 1 aromatic heterocycles. The van der Waals surface area contributed by atoms with Crippen molar-refractivity contribution in [3.05, 3.63) is 42.1 Å². The summed E-state index contributed by atoms with van der Waals surface area (Å²) in [7, 11) is 0. The number of nitrogens with zero attached hydrogens (tertiary/aromatic N) is 2. The maximum absolute atomic E-state index is 4.51. The molecule has 1 aliphatic rings. The van der Waals surface area contributed by atoms with Crippen LogP contribution in [-0.2, 0) is 6.54 Å². The summed E-state index contributed by atoms with van der Waals surface area (Å²) in [6, 6.07) is 10.5. The molecule has 1 aromatic carbocycles. The van der Waals surface area contributed by atoms with Crippen molar-refractivity contribution in [1.29, 1.82) is 0 Å². The van der Waals surface area contributed by atoms with Gasteiger partial charge in [-0.25, -0.2) is 0 Å². The molecule has 112 valence electrons. The second-order valence-electron chi connectivity index (χ2n) is 5.92. The molecular weight excluding hydrogens is 258 g/mol. The van der Waals surface area contributed by atoms with Gasteiger partial charge in [0.2, 0.25) is 0 Å². The van der Waals surface area contributed by atoms with Crippen LogP contribution in [0.1, 0.15) is 31.2 Å². The number of rotatable bonds is 6. The first-order valence-electron chi connectivity index (χ1n) is 8.19. The Labute approximate surface area is 127 Å². The van der Waals surface area contributed by atoms with Gasteiger partial charge in [0.15, 0.2) is 0 Å². The first-order chi connectivity index (χ1) is 10.4. The van der Waals surface area contributed by atoms with E-state index in [9.17, 15) is 0 Å². The summed E-state index contributed by atoms with van der Waals surface area (Å²) in [6.45, 7) is 5.83. The number of para-hydroxylation sites is 1. The molecule has 1 fully saturated rings. The molecule has 3 nitrogen and oxygen atoms in total. The number of likely N-dealkylation sites (tertiary alicyclic amines) is 1. The summed E-state index contributed by atoms with van der Waals surface area (Å²) in [5, 5.41) is 4.79. The number of hydrogen-bond acceptors (Lipinski definition) is 3. The molecule has 2 heterocycles. The zero-order valence-electron chi connectivity index (χ0n) is 12.7.